The number of rotatable bonds is 8. The number of carboxylic acids is 1. The maximum absolute atomic E-state index is 11.1. The molecule has 0 saturated carbocycles. The van der Waals surface area contributed by atoms with Crippen molar-refractivity contribution in [2.24, 2.45) is 5.92 Å². The van der Waals surface area contributed by atoms with Crippen LogP contribution in [0, 0.1) is 5.92 Å². The van der Waals surface area contributed by atoms with Crippen molar-refractivity contribution in [1.82, 2.24) is 5.32 Å². The van der Waals surface area contributed by atoms with E-state index in [0.29, 0.717) is 18.9 Å². The first-order valence-corrected chi connectivity index (χ1v) is 5.39. The van der Waals surface area contributed by atoms with Crippen molar-refractivity contribution in [2.45, 2.75) is 39.2 Å². The van der Waals surface area contributed by atoms with Gasteiger partial charge in [0, 0.05) is 13.7 Å². The Morgan fingerprint density at radius 3 is 2.53 bits per heavy atom. The van der Waals surface area contributed by atoms with Gasteiger partial charge >= 0.3 is 5.97 Å². The van der Waals surface area contributed by atoms with Crippen LogP contribution in [0.3, 0.4) is 0 Å². The molecule has 0 aromatic carbocycles. The molecule has 15 heavy (non-hydrogen) atoms. The van der Waals surface area contributed by atoms with Crippen LogP contribution < -0.4 is 5.32 Å². The van der Waals surface area contributed by atoms with Crippen molar-refractivity contribution in [3.63, 3.8) is 0 Å². The topological polar surface area (TPSA) is 58.6 Å². The van der Waals surface area contributed by atoms with Crippen molar-refractivity contribution in [3.05, 3.63) is 0 Å². The third-order valence-corrected chi connectivity index (χ3v) is 2.52. The van der Waals surface area contributed by atoms with Gasteiger partial charge in [-0.15, -0.1) is 0 Å². The van der Waals surface area contributed by atoms with E-state index in [1.807, 2.05) is 0 Å². The van der Waals surface area contributed by atoms with Gasteiger partial charge in [0.25, 0.3) is 0 Å². The van der Waals surface area contributed by atoms with Crippen LogP contribution in [0.2, 0.25) is 0 Å². The smallest absolute Gasteiger partial charge is 0.323 e. The minimum atomic E-state index is -0.870. The molecule has 4 heteroatoms. The predicted octanol–water partition coefficient (Wildman–Crippen LogP) is 1.50. The molecule has 0 amide bonds. The molecular weight excluding hydrogens is 194 g/mol. The lowest BCUT2D eigenvalue weighted by Crippen LogP contribution is -2.50. The van der Waals surface area contributed by atoms with Crippen molar-refractivity contribution >= 4 is 5.97 Å². The minimum Gasteiger partial charge on any atom is -0.480 e. The Labute approximate surface area is 92.0 Å². The predicted molar refractivity (Wildman–Crippen MR) is 60.0 cm³/mol. The zero-order valence-electron chi connectivity index (χ0n) is 10.2. The van der Waals surface area contributed by atoms with Crippen LogP contribution in [0.1, 0.15) is 33.6 Å². The van der Waals surface area contributed by atoms with Crippen molar-refractivity contribution in [1.29, 1.82) is 0 Å². The largest absolute Gasteiger partial charge is 0.480 e. The molecule has 0 radical (unpaired) electrons. The second kappa shape index (κ2) is 6.80. The number of carbonyl (C=O) groups is 1. The first kappa shape index (κ1) is 14.4. The molecule has 1 atom stereocenters. The van der Waals surface area contributed by atoms with Crippen molar-refractivity contribution in [2.75, 3.05) is 20.3 Å². The van der Waals surface area contributed by atoms with Crippen LogP contribution in [0.5, 0.6) is 0 Å². The highest BCUT2D eigenvalue weighted by molar-refractivity contribution is 5.78. The SMILES string of the molecule is COCCC(C)(NCCC(C)C)C(=O)O. The molecule has 90 valence electrons. The maximum Gasteiger partial charge on any atom is 0.323 e. The zero-order chi connectivity index (χ0) is 11.9. The van der Waals surface area contributed by atoms with E-state index in [4.69, 9.17) is 9.84 Å². The maximum atomic E-state index is 11.1. The Morgan fingerprint density at radius 2 is 2.13 bits per heavy atom. The van der Waals surface area contributed by atoms with Gasteiger partial charge < -0.3 is 15.2 Å². The van der Waals surface area contributed by atoms with Gasteiger partial charge in [-0.1, -0.05) is 13.8 Å². The summed E-state index contributed by atoms with van der Waals surface area (Å²) in [4.78, 5) is 11.1. The molecule has 0 fully saturated rings. The number of hydrogen-bond acceptors (Lipinski definition) is 3. The van der Waals surface area contributed by atoms with Crippen LogP contribution >= 0.6 is 0 Å². The summed E-state index contributed by atoms with van der Waals surface area (Å²) in [6.45, 7) is 7.13. The molecule has 1 unspecified atom stereocenters. The summed E-state index contributed by atoms with van der Waals surface area (Å²) in [7, 11) is 1.58. The lowest BCUT2D eigenvalue weighted by Gasteiger charge is -2.26. The van der Waals surface area contributed by atoms with Crippen LogP contribution in [-0.4, -0.2) is 36.9 Å². The second-order valence-electron chi connectivity index (χ2n) is 4.49. The summed E-state index contributed by atoms with van der Waals surface area (Å²) in [5, 5.41) is 12.2. The number of carboxylic acid groups (broad SMARTS) is 1. The zero-order valence-corrected chi connectivity index (χ0v) is 10.2. The molecule has 0 spiro atoms. The average Bonchev–Trinajstić information content (AvgIpc) is 2.14. The number of hydrogen-bond donors (Lipinski definition) is 2. The van der Waals surface area contributed by atoms with Crippen LogP contribution in [0.25, 0.3) is 0 Å². The monoisotopic (exact) mass is 217 g/mol. The molecule has 4 nitrogen and oxygen atoms in total. The van der Waals surface area contributed by atoms with Gasteiger partial charge in [0.2, 0.25) is 0 Å². The summed E-state index contributed by atoms with van der Waals surface area (Å²) >= 11 is 0. The fraction of sp³-hybridized carbons (Fsp3) is 0.909. The number of methoxy groups -OCH3 is 1. The number of ether oxygens (including phenoxy) is 1. The van der Waals surface area contributed by atoms with E-state index >= 15 is 0 Å². The van der Waals surface area contributed by atoms with E-state index in [1.54, 1.807) is 14.0 Å². The summed E-state index contributed by atoms with van der Waals surface area (Å²) < 4.78 is 4.91. The Kier molecular flexibility index (Phi) is 6.52. The standard InChI is InChI=1S/C11H23NO3/c1-9(2)5-7-12-11(3,10(13)14)6-8-15-4/h9,12H,5-8H2,1-4H3,(H,13,14). The van der Waals surface area contributed by atoms with E-state index in [9.17, 15) is 4.79 Å². The lowest BCUT2D eigenvalue weighted by atomic mass is 9.98. The van der Waals surface area contributed by atoms with E-state index < -0.39 is 11.5 Å². The summed E-state index contributed by atoms with van der Waals surface area (Å²) in [5.74, 6) is -0.235. The van der Waals surface area contributed by atoms with Gasteiger partial charge in [-0.2, -0.15) is 0 Å². The molecule has 0 aromatic heterocycles. The first-order chi connectivity index (χ1) is 6.92. The first-order valence-electron chi connectivity index (χ1n) is 5.39. The highest BCUT2D eigenvalue weighted by Gasteiger charge is 2.31. The Morgan fingerprint density at radius 1 is 1.53 bits per heavy atom. The normalized spacial score (nSPS) is 15.3. The number of aliphatic carboxylic acids is 1. The van der Waals surface area contributed by atoms with Gasteiger partial charge in [-0.05, 0) is 32.2 Å². The van der Waals surface area contributed by atoms with Gasteiger partial charge in [-0.3, -0.25) is 4.79 Å². The lowest BCUT2D eigenvalue weighted by molar-refractivity contribution is -0.145. The Bertz CT molecular complexity index is 194. The van der Waals surface area contributed by atoms with Gasteiger partial charge in [-0.25, -0.2) is 0 Å². The Balaban J connectivity index is 4.07. The third-order valence-electron chi connectivity index (χ3n) is 2.52. The summed E-state index contributed by atoms with van der Waals surface area (Å²) in [6, 6.07) is 0. The van der Waals surface area contributed by atoms with E-state index in [2.05, 4.69) is 19.2 Å². The van der Waals surface area contributed by atoms with E-state index in [1.165, 1.54) is 0 Å². The van der Waals surface area contributed by atoms with Gasteiger partial charge in [0.15, 0.2) is 0 Å². The van der Waals surface area contributed by atoms with E-state index in [0.717, 1.165) is 13.0 Å². The quantitative estimate of drug-likeness (QED) is 0.647. The molecule has 0 aromatic rings. The van der Waals surface area contributed by atoms with E-state index in [-0.39, 0.29) is 0 Å². The van der Waals surface area contributed by atoms with Crippen LogP contribution in [0.4, 0.5) is 0 Å². The molecule has 0 aliphatic heterocycles. The highest BCUT2D eigenvalue weighted by atomic mass is 16.5. The molecule has 0 heterocycles. The molecule has 0 bridgehead atoms. The fourth-order valence-electron chi connectivity index (χ4n) is 1.21. The fourth-order valence-corrected chi connectivity index (χ4v) is 1.21. The Hall–Kier alpha value is -0.610. The second-order valence-corrected chi connectivity index (χ2v) is 4.49. The van der Waals surface area contributed by atoms with Crippen LogP contribution in [0.15, 0.2) is 0 Å². The average molecular weight is 217 g/mol. The molecule has 0 rings (SSSR count). The molecule has 0 saturated heterocycles. The summed E-state index contributed by atoms with van der Waals surface area (Å²) in [5.41, 5.74) is -0.870. The van der Waals surface area contributed by atoms with Gasteiger partial charge in [0.05, 0.1) is 0 Å². The third kappa shape index (κ3) is 5.74. The molecule has 0 aliphatic rings. The highest BCUT2D eigenvalue weighted by Crippen LogP contribution is 2.11. The summed E-state index contributed by atoms with van der Waals surface area (Å²) in [6.07, 6.45) is 1.47. The minimum absolute atomic E-state index is 0.456. The van der Waals surface area contributed by atoms with Crippen LogP contribution in [-0.2, 0) is 9.53 Å². The van der Waals surface area contributed by atoms with Crippen molar-refractivity contribution in [3.8, 4) is 0 Å². The van der Waals surface area contributed by atoms with Gasteiger partial charge in [0.1, 0.15) is 5.54 Å². The van der Waals surface area contributed by atoms with Crippen molar-refractivity contribution < 1.29 is 14.6 Å². The molecule has 0 aliphatic carbocycles. The molecule has 2 N–H and O–H groups in total. The molecular formula is C11H23NO3. The number of nitrogens with one attached hydrogen (secondary N) is 1.